The summed E-state index contributed by atoms with van der Waals surface area (Å²) in [5, 5.41) is 2.26. The lowest BCUT2D eigenvalue weighted by Crippen LogP contribution is -1.72. The molecule has 13 heavy (non-hydrogen) atoms. The number of benzene rings is 1. The lowest BCUT2D eigenvalue weighted by Gasteiger charge is -1.95. The van der Waals surface area contributed by atoms with E-state index in [0.29, 0.717) is 0 Å². The van der Waals surface area contributed by atoms with E-state index in [1.807, 2.05) is 11.3 Å². The van der Waals surface area contributed by atoms with Gasteiger partial charge < -0.3 is 0 Å². The standard InChI is InChI=1S/C9H6BrIS2/c10-4-6-1-5-2-7(11)8(12)3-9(5)13-6/h1-3,12H,4H2. The molecule has 2 aromatic rings. The van der Waals surface area contributed by atoms with Crippen LogP contribution in [0.2, 0.25) is 0 Å². The quantitative estimate of drug-likeness (QED) is 0.411. The third-order valence-corrected chi connectivity index (χ3v) is 5.53. The monoisotopic (exact) mass is 384 g/mol. The molecule has 1 heterocycles. The molecular weight excluding hydrogens is 379 g/mol. The van der Waals surface area contributed by atoms with Crippen molar-refractivity contribution in [2.75, 3.05) is 0 Å². The number of halogens is 2. The van der Waals surface area contributed by atoms with Gasteiger partial charge in [-0.05, 0) is 46.2 Å². The Morgan fingerprint density at radius 2 is 2.15 bits per heavy atom. The van der Waals surface area contributed by atoms with Gasteiger partial charge in [-0.3, -0.25) is 0 Å². The van der Waals surface area contributed by atoms with Gasteiger partial charge in [0.1, 0.15) is 0 Å². The Hall–Kier alpha value is 0.740. The topological polar surface area (TPSA) is 0 Å². The van der Waals surface area contributed by atoms with Crippen LogP contribution in [0, 0.1) is 3.57 Å². The minimum absolute atomic E-state index is 0.935. The molecule has 0 nitrogen and oxygen atoms in total. The molecule has 0 amide bonds. The summed E-state index contributed by atoms with van der Waals surface area (Å²) in [6.07, 6.45) is 0. The van der Waals surface area contributed by atoms with Crippen LogP contribution in [0.25, 0.3) is 10.1 Å². The predicted octanol–water partition coefficient (Wildman–Crippen LogP) is 4.69. The van der Waals surface area contributed by atoms with Gasteiger partial charge in [-0.2, -0.15) is 0 Å². The second kappa shape index (κ2) is 4.08. The smallest absolute Gasteiger partial charge is 0.0377 e. The molecular formula is C9H6BrIS2. The van der Waals surface area contributed by atoms with Crippen molar-refractivity contribution >= 4 is 72.6 Å². The highest BCUT2D eigenvalue weighted by molar-refractivity contribution is 14.1. The third-order valence-electron chi connectivity index (χ3n) is 1.77. The Morgan fingerprint density at radius 3 is 2.85 bits per heavy atom. The normalized spacial score (nSPS) is 11.0. The van der Waals surface area contributed by atoms with Crippen LogP contribution in [0.4, 0.5) is 0 Å². The first-order valence-electron chi connectivity index (χ1n) is 3.67. The highest BCUT2D eigenvalue weighted by atomic mass is 127. The zero-order valence-corrected chi connectivity index (χ0v) is 12.0. The molecule has 4 heteroatoms. The van der Waals surface area contributed by atoms with Crippen molar-refractivity contribution in [1.82, 2.24) is 0 Å². The maximum atomic E-state index is 4.40. The van der Waals surface area contributed by atoms with Crippen molar-refractivity contribution in [3.8, 4) is 0 Å². The summed E-state index contributed by atoms with van der Waals surface area (Å²) >= 11 is 12.0. The van der Waals surface area contributed by atoms with Crippen molar-refractivity contribution in [3.63, 3.8) is 0 Å². The van der Waals surface area contributed by atoms with Crippen molar-refractivity contribution in [2.45, 2.75) is 10.2 Å². The predicted molar refractivity (Wildman–Crippen MR) is 74.4 cm³/mol. The van der Waals surface area contributed by atoms with Crippen molar-refractivity contribution < 1.29 is 0 Å². The Labute approximate surface area is 108 Å². The van der Waals surface area contributed by atoms with Gasteiger partial charge in [0.2, 0.25) is 0 Å². The summed E-state index contributed by atoms with van der Waals surface area (Å²) in [4.78, 5) is 2.43. The summed E-state index contributed by atoms with van der Waals surface area (Å²) in [5.74, 6) is 0. The van der Waals surface area contributed by atoms with Gasteiger partial charge in [0.25, 0.3) is 0 Å². The molecule has 0 saturated heterocycles. The largest absolute Gasteiger partial charge is 0.142 e. The number of thiophene rings is 1. The van der Waals surface area contributed by atoms with E-state index in [1.165, 1.54) is 18.5 Å². The van der Waals surface area contributed by atoms with Gasteiger partial charge in [-0.25, -0.2) is 0 Å². The Kier molecular flexibility index (Phi) is 3.22. The third kappa shape index (κ3) is 2.06. The number of alkyl halides is 1. The second-order valence-corrected chi connectivity index (χ2v) is 6.06. The average Bonchev–Trinajstić information content (AvgIpc) is 2.48. The highest BCUT2D eigenvalue weighted by Crippen LogP contribution is 2.31. The molecule has 0 saturated carbocycles. The fourth-order valence-electron chi connectivity index (χ4n) is 1.17. The molecule has 1 aromatic carbocycles. The molecule has 0 N–H and O–H groups in total. The van der Waals surface area contributed by atoms with Crippen molar-refractivity contribution in [1.29, 1.82) is 0 Å². The van der Waals surface area contributed by atoms with Crippen LogP contribution in [-0.2, 0) is 5.33 Å². The summed E-state index contributed by atoms with van der Waals surface area (Å²) in [6.45, 7) is 0. The number of hydrogen-bond acceptors (Lipinski definition) is 2. The lowest BCUT2D eigenvalue weighted by molar-refractivity contribution is 1.47. The Balaban J connectivity index is 2.70. The van der Waals surface area contributed by atoms with Crippen LogP contribution < -0.4 is 0 Å². The molecule has 0 aliphatic carbocycles. The van der Waals surface area contributed by atoms with Crippen molar-refractivity contribution in [2.24, 2.45) is 0 Å². The minimum atomic E-state index is 0.935. The highest BCUT2D eigenvalue weighted by Gasteiger charge is 2.03. The molecule has 0 bridgehead atoms. The number of rotatable bonds is 1. The van der Waals surface area contributed by atoms with Crippen molar-refractivity contribution in [3.05, 3.63) is 26.6 Å². The molecule has 0 unspecified atom stereocenters. The summed E-state index contributed by atoms with van der Waals surface area (Å²) in [5.41, 5.74) is 0. The SMILES string of the molecule is Sc1cc2sc(CBr)cc2cc1I. The first kappa shape index (κ1) is 10.3. The molecule has 0 atom stereocenters. The fourth-order valence-corrected chi connectivity index (χ4v) is 3.38. The van der Waals surface area contributed by atoms with Gasteiger partial charge >= 0.3 is 0 Å². The van der Waals surface area contributed by atoms with Gasteiger partial charge in [0.05, 0.1) is 0 Å². The Morgan fingerprint density at radius 1 is 1.38 bits per heavy atom. The summed E-state index contributed by atoms with van der Waals surface area (Å²) in [7, 11) is 0. The molecule has 68 valence electrons. The zero-order chi connectivity index (χ0) is 9.42. The van der Waals surface area contributed by atoms with E-state index >= 15 is 0 Å². The molecule has 0 radical (unpaired) electrons. The van der Waals surface area contributed by atoms with Gasteiger partial charge in [0.15, 0.2) is 0 Å². The number of fused-ring (bicyclic) bond motifs is 1. The van der Waals surface area contributed by atoms with Gasteiger partial charge in [0, 0.05) is 23.4 Å². The van der Waals surface area contributed by atoms with Crippen LogP contribution in [-0.4, -0.2) is 0 Å². The first-order valence-corrected chi connectivity index (χ1v) is 7.14. The summed E-state index contributed by atoms with van der Waals surface area (Å²) < 4.78 is 2.53. The maximum absolute atomic E-state index is 4.40. The molecule has 0 aliphatic heterocycles. The van der Waals surface area contributed by atoms with E-state index in [0.717, 1.165) is 10.2 Å². The van der Waals surface area contributed by atoms with Crippen LogP contribution in [0.15, 0.2) is 23.1 Å². The van der Waals surface area contributed by atoms with Crippen LogP contribution in [0.1, 0.15) is 4.88 Å². The van der Waals surface area contributed by atoms with E-state index < -0.39 is 0 Å². The first-order chi connectivity index (χ1) is 6.20. The van der Waals surface area contributed by atoms with E-state index in [-0.39, 0.29) is 0 Å². The molecule has 0 spiro atoms. The van der Waals surface area contributed by atoms with E-state index in [4.69, 9.17) is 0 Å². The van der Waals surface area contributed by atoms with E-state index in [2.05, 4.69) is 69.3 Å². The average molecular weight is 385 g/mol. The van der Waals surface area contributed by atoms with Gasteiger partial charge in [-0.15, -0.1) is 24.0 Å². The maximum Gasteiger partial charge on any atom is 0.0377 e. The zero-order valence-electron chi connectivity index (χ0n) is 6.55. The number of thiol groups is 1. The van der Waals surface area contributed by atoms with E-state index in [9.17, 15) is 0 Å². The molecule has 1 aromatic heterocycles. The second-order valence-electron chi connectivity index (χ2n) is 2.69. The number of hydrogen-bond donors (Lipinski definition) is 1. The van der Waals surface area contributed by atoms with Crippen LogP contribution >= 0.6 is 62.5 Å². The van der Waals surface area contributed by atoms with Gasteiger partial charge in [-0.1, -0.05) is 15.9 Å². The van der Waals surface area contributed by atoms with Crippen LogP contribution in [0.3, 0.4) is 0 Å². The summed E-state index contributed by atoms with van der Waals surface area (Å²) in [6, 6.07) is 6.54. The lowest BCUT2D eigenvalue weighted by atomic mass is 10.2. The molecule has 0 aliphatic rings. The van der Waals surface area contributed by atoms with E-state index in [1.54, 1.807) is 0 Å². The minimum Gasteiger partial charge on any atom is -0.142 e. The fraction of sp³-hybridized carbons (Fsp3) is 0.111. The van der Waals surface area contributed by atoms with Crippen LogP contribution in [0.5, 0.6) is 0 Å². The Bertz CT molecular complexity index is 411. The molecule has 0 fully saturated rings. The molecule has 2 rings (SSSR count).